The van der Waals surface area contributed by atoms with Crippen molar-refractivity contribution in [3.05, 3.63) is 0 Å². The first kappa shape index (κ1) is 14.3. The maximum Gasteiger partial charge on any atom is 0.0829 e. The molecule has 2 fully saturated rings. The molecule has 1 saturated carbocycles. The largest absolute Gasteiger partial charge is 0.374 e. The van der Waals surface area contributed by atoms with Crippen molar-refractivity contribution in [2.24, 2.45) is 0 Å². The van der Waals surface area contributed by atoms with Crippen LogP contribution < -0.4 is 5.32 Å². The molecule has 1 saturated heterocycles. The van der Waals surface area contributed by atoms with E-state index in [1.807, 2.05) is 0 Å². The minimum atomic E-state index is 0.382. The maximum absolute atomic E-state index is 5.87. The Balaban J connectivity index is 1.61. The molecule has 0 spiro atoms. The van der Waals surface area contributed by atoms with E-state index >= 15 is 0 Å². The zero-order valence-electron chi connectivity index (χ0n) is 12.2. The predicted molar refractivity (Wildman–Crippen MR) is 75.0 cm³/mol. The molecular formula is C14H29N3O. The molecule has 18 heavy (non-hydrogen) atoms. The van der Waals surface area contributed by atoms with Gasteiger partial charge in [0.05, 0.1) is 12.7 Å². The molecule has 0 aromatic carbocycles. The standard InChI is InChI=1S/C14H29N3O/c1-12(2)17-8-9-18-14(11-17)10-16(3)7-6-15-13-4-5-13/h12-15H,4-11H2,1-3H3. The summed E-state index contributed by atoms with van der Waals surface area (Å²) in [5.74, 6) is 0. The molecular weight excluding hydrogens is 226 g/mol. The van der Waals surface area contributed by atoms with E-state index in [0.717, 1.165) is 45.4 Å². The molecule has 1 N–H and O–H groups in total. The van der Waals surface area contributed by atoms with Gasteiger partial charge in [-0.1, -0.05) is 0 Å². The van der Waals surface area contributed by atoms with Crippen molar-refractivity contribution < 1.29 is 4.74 Å². The van der Waals surface area contributed by atoms with Gasteiger partial charge in [0.1, 0.15) is 0 Å². The molecule has 4 heteroatoms. The minimum absolute atomic E-state index is 0.382. The van der Waals surface area contributed by atoms with Crippen LogP contribution in [0, 0.1) is 0 Å². The summed E-state index contributed by atoms with van der Waals surface area (Å²) in [4.78, 5) is 4.91. The van der Waals surface area contributed by atoms with Crippen LogP contribution in [0.15, 0.2) is 0 Å². The molecule has 1 atom stereocenters. The number of morpholine rings is 1. The van der Waals surface area contributed by atoms with Crippen molar-refractivity contribution in [3.8, 4) is 0 Å². The Hall–Kier alpha value is -0.160. The Bertz CT molecular complexity index is 243. The molecule has 1 aliphatic heterocycles. The van der Waals surface area contributed by atoms with Gasteiger partial charge in [0.15, 0.2) is 0 Å². The van der Waals surface area contributed by atoms with Gasteiger partial charge < -0.3 is 15.0 Å². The summed E-state index contributed by atoms with van der Waals surface area (Å²) in [5, 5.41) is 3.56. The molecule has 0 aromatic rings. The van der Waals surface area contributed by atoms with Gasteiger partial charge in [-0.25, -0.2) is 0 Å². The second kappa shape index (κ2) is 6.85. The molecule has 1 aliphatic carbocycles. The van der Waals surface area contributed by atoms with E-state index in [4.69, 9.17) is 4.74 Å². The minimum Gasteiger partial charge on any atom is -0.374 e. The summed E-state index contributed by atoms with van der Waals surface area (Å²) < 4.78 is 5.87. The molecule has 0 radical (unpaired) electrons. The van der Waals surface area contributed by atoms with Gasteiger partial charge in [-0.3, -0.25) is 4.90 Å². The number of hydrogen-bond donors (Lipinski definition) is 1. The van der Waals surface area contributed by atoms with Gasteiger partial charge in [0.25, 0.3) is 0 Å². The van der Waals surface area contributed by atoms with Crippen LogP contribution in [0.4, 0.5) is 0 Å². The SMILES string of the molecule is CC(C)N1CCOC(CN(C)CCNC2CC2)C1. The number of ether oxygens (including phenoxy) is 1. The lowest BCUT2D eigenvalue weighted by molar-refractivity contribution is -0.0493. The topological polar surface area (TPSA) is 27.7 Å². The first-order valence-electron chi connectivity index (χ1n) is 7.42. The predicted octanol–water partition coefficient (Wildman–Crippen LogP) is 0.779. The summed E-state index contributed by atoms with van der Waals surface area (Å²) in [6.45, 7) is 10.9. The maximum atomic E-state index is 5.87. The quantitative estimate of drug-likeness (QED) is 0.727. The highest BCUT2D eigenvalue weighted by molar-refractivity contribution is 4.81. The van der Waals surface area contributed by atoms with E-state index < -0.39 is 0 Å². The van der Waals surface area contributed by atoms with E-state index in [0.29, 0.717) is 12.1 Å². The lowest BCUT2D eigenvalue weighted by Crippen LogP contribution is -2.49. The number of likely N-dealkylation sites (N-methyl/N-ethyl adjacent to an activating group) is 1. The first-order valence-corrected chi connectivity index (χ1v) is 7.42. The summed E-state index contributed by atoms with van der Waals surface area (Å²) >= 11 is 0. The molecule has 0 amide bonds. The normalized spacial score (nSPS) is 26.2. The van der Waals surface area contributed by atoms with Gasteiger partial charge in [0, 0.05) is 44.8 Å². The molecule has 2 rings (SSSR count). The summed E-state index contributed by atoms with van der Waals surface area (Å²) in [6, 6.07) is 1.46. The van der Waals surface area contributed by atoms with Gasteiger partial charge >= 0.3 is 0 Å². The molecule has 4 nitrogen and oxygen atoms in total. The van der Waals surface area contributed by atoms with Crippen LogP contribution in [0.3, 0.4) is 0 Å². The summed E-state index contributed by atoms with van der Waals surface area (Å²) in [5.41, 5.74) is 0. The Morgan fingerprint density at radius 2 is 2.17 bits per heavy atom. The average Bonchev–Trinajstić information content (AvgIpc) is 3.13. The molecule has 2 aliphatic rings. The monoisotopic (exact) mass is 255 g/mol. The third-order valence-corrected chi connectivity index (χ3v) is 3.92. The average molecular weight is 255 g/mol. The third kappa shape index (κ3) is 4.84. The van der Waals surface area contributed by atoms with Gasteiger partial charge in [-0.2, -0.15) is 0 Å². The lowest BCUT2D eigenvalue weighted by atomic mass is 10.2. The van der Waals surface area contributed by atoms with Crippen LogP contribution >= 0.6 is 0 Å². The zero-order valence-corrected chi connectivity index (χ0v) is 12.2. The Kier molecular flexibility index (Phi) is 5.42. The summed E-state index contributed by atoms with van der Waals surface area (Å²) in [7, 11) is 2.20. The fraction of sp³-hybridized carbons (Fsp3) is 1.00. The van der Waals surface area contributed by atoms with Crippen LogP contribution in [-0.4, -0.2) is 74.4 Å². The van der Waals surface area contributed by atoms with E-state index in [9.17, 15) is 0 Å². The first-order chi connectivity index (χ1) is 8.65. The Labute approximate surface area is 112 Å². The molecule has 0 aromatic heterocycles. The van der Waals surface area contributed by atoms with Crippen molar-refractivity contribution in [2.75, 3.05) is 46.4 Å². The van der Waals surface area contributed by atoms with Crippen molar-refractivity contribution >= 4 is 0 Å². The van der Waals surface area contributed by atoms with Crippen molar-refractivity contribution in [1.82, 2.24) is 15.1 Å². The smallest absolute Gasteiger partial charge is 0.0829 e. The fourth-order valence-corrected chi connectivity index (χ4v) is 2.51. The number of nitrogens with one attached hydrogen (secondary N) is 1. The molecule has 1 unspecified atom stereocenters. The molecule has 106 valence electrons. The fourth-order valence-electron chi connectivity index (χ4n) is 2.51. The number of hydrogen-bond acceptors (Lipinski definition) is 4. The van der Waals surface area contributed by atoms with Gasteiger partial charge in [-0.05, 0) is 33.7 Å². The highest BCUT2D eigenvalue weighted by atomic mass is 16.5. The van der Waals surface area contributed by atoms with E-state index in [1.54, 1.807) is 0 Å². The third-order valence-electron chi connectivity index (χ3n) is 3.92. The number of rotatable bonds is 7. The van der Waals surface area contributed by atoms with Crippen LogP contribution in [0.2, 0.25) is 0 Å². The van der Waals surface area contributed by atoms with Crippen molar-refractivity contribution in [3.63, 3.8) is 0 Å². The molecule has 0 bridgehead atoms. The second-order valence-corrected chi connectivity index (χ2v) is 6.07. The summed E-state index contributed by atoms with van der Waals surface area (Å²) in [6.07, 6.45) is 3.13. The van der Waals surface area contributed by atoms with E-state index in [1.165, 1.54) is 12.8 Å². The lowest BCUT2D eigenvalue weighted by Gasteiger charge is -2.37. The van der Waals surface area contributed by atoms with E-state index in [2.05, 4.69) is 36.0 Å². The van der Waals surface area contributed by atoms with E-state index in [-0.39, 0.29) is 0 Å². The van der Waals surface area contributed by atoms with Crippen LogP contribution in [0.1, 0.15) is 26.7 Å². The van der Waals surface area contributed by atoms with Gasteiger partial charge in [0.2, 0.25) is 0 Å². The highest BCUT2D eigenvalue weighted by Crippen LogP contribution is 2.18. The number of nitrogens with zero attached hydrogens (tertiary/aromatic N) is 2. The van der Waals surface area contributed by atoms with Gasteiger partial charge in [-0.15, -0.1) is 0 Å². The zero-order chi connectivity index (χ0) is 13.0. The van der Waals surface area contributed by atoms with Crippen LogP contribution in [-0.2, 0) is 4.74 Å². The Morgan fingerprint density at radius 1 is 1.39 bits per heavy atom. The van der Waals surface area contributed by atoms with Crippen molar-refractivity contribution in [2.45, 2.75) is 44.9 Å². The second-order valence-electron chi connectivity index (χ2n) is 6.07. The Morgan fingerprint density at radius 3 is 2.83 bits per heavy atom. The van der Waals surface area contributed by atoms with Crippen molar-refractivity contribution in [1.29, 1.82) is 0 Å². The van der Waals surface area contributed by atoms with Crippen LogP contribution in [0.5, 0.6) is 0 Å². The molecule has 1 heterocycles. The highest BCUT2D eigenvalue weighted by Gasteiger charge is 2.23. The van der Waals surface area contributed by atoms with Crippen LogP contribution in [0.25, 0.3) is 0 Å².